The molecule has 17 heavy (non-hydrogen) atoms. The molecule has 3 aromatic heterocycles. The van der Waals surface area contributed by atoms with E-state index in [9.17, 15) is 0 Å². The molecule has 0 saturated heterocycles. The Morgan fingerprint density at radius 3 is 2.94 bits per heavy atom. The minimum absolute atomic E-state index is 0.795. The van der Waals surface area contributed by atoms with Gasteiger partial charge in [-0.3, -0.25) is 4.98 Å². The fourth-order valence-electron chi connectivity index (χ4n) is 1.86. The van der Waals surface area contributed by atoms with Crippen LogP contribution in [0.5, 0.6) is 0 Å². The van der Waals surface area contributed by atoms with E-state index >= 15 is 0 Å². The molecule has 0 saturated carbocycles. The number of hydrogen-bond acceptors (Lipinski definition) is 3. The summed E-state index contributed by atoms with van der Waals surface area (Å²) in [5, 5.41) is 0. The first kappa shape index (κ1) is 9.96. The number of fused-ring (bicyclic) bond motifs is 1. The van der Waals surface area contributed by atoms with Gasteiger partial charge in [0.1, 0.15) is 5.52 Å². The number of hydrogen-bond donors (Lipinski definition) is 1. The number of nitrogens with one attached hydrogen (secondary N) is 1. The third kappa shape index (κ3) is 2.01. The second-order valence-corrected chi connectivity index (χ2v) is 3.84. The van der Waals surface area contributed by atoms with E-state index in [-0.39, 0.29) is 0 Å². The van der Waals surface area contributed by atoms with Crippen molar-refractivity contribution in [2.24, 2.45) is 0 Å². The van der Waals surface area contributed by atoms with Gasteiger partial charge in [0, 0.05) is 18.1 Å². The minimum atomic E-state index is 0.795. The lowest BCUT2D eigenvalue weighted by molar-refractivity contribution is 0.916. The highest BCUT2D eigenvalue weighted by atomic mass is 14.9. The van der Waals surface area contributed by atoms with Crippen molar-refractivity contribution in [3.63, 3.8) is 0 Å². The maximum absolute atomic E-state index is 4.31. The number of aromatic amines is 1. The first-order chi connectivity index (χ1) is 8.43. The maximum Gasteiger partial charge on any atom is 0.175 e. The Morgan fingerprint density at radius 1 is 1.06 bits per heavy atom. The highest BCUT2D eigenvalue weighted by Gasteiger charge is 2.04. The normalized spacial score (nSPS) is 10.8. The Kier molecular flexibility index (Phi) is 2.54. The molecule has 4 nitrogen and oxygen atoms in total. The molecule has 0 aliphatic heterocycles. The van der Waals surface area contributed by atoms with Crippen molar-refractivity contribution in [3.8, 4) is 0 Å². The van der Waals surface area contributed by atoms with E-state index in [2.05, 4.69) is 26.3 Å². The topological polar surface area (TPSA) is 54.5 Å². The van der Waals surface area contributed by atoms with E-state index in [1.807, 2.05) is 30.5 Å². The third-order valence-electron chi connectivity index (χ3n) is 2.73. The van der Waals surface area contributed by atoms with E-state index in [1.165, 1.54) is 5.56 Å². The van der Waals surface area contributed by atoms with Crippen LogP contribution in [0.25, 0.3) is 11.2 Å². The van der Waals surface area contributed by atoms with Crippen LogP contribution in [-0.4, -0.2) is 19.9 Å². The fraction of sp³-hybridized carbons (Fsp3) is 0.154. The number of aromatic nitrogens is 4. The molecule has 0 bridgehead atoms. The van der Waals surface area contributed by atoms with Crippen molar-refractivity contribution in [1.29, 1.82) is 0 Å². The van der Waals surface area contributed by atoms with Crippen LogP contribution in [0.4, 0.5) is 0 Å². The van der Waals surface area contributed by atoms with Crippen LogP contribution in [0.15, 0.2) is 36.7 Å². The van der Waals surface area contributed by atoms with Gasteiger partial charge in [0.15, 0.2) is 12.0 Å². The van der Waals surface area contributed by atoms with Gasteiger partial charge in [0.05, 0.1) is 0 Å². The number of H-pyrrole nitrogens is 1. The number of rotatable bonds is 3. The quantitative estimate of drug-likeness (QED) is 0.738. The third-order valence-corrected chi connectivity index (χ3v) is 2.73. The Morgan fingerprint density at radius 2 is 2.06 bits per heavy atom. The molecule has 1 N–H and O–H groups in total. The summed E-state index contributed by atoms with van der Waals surface area (Å²) >= 11 is 0. The second kappa shape index (κ2) is 4.33. The molecule has 0 aromatic carbocycles. The Bertz CT molecular complexity index is 615. The van der Waals surface area contributed by atoms with Gasteiger partial charge < -0.3 is 4.98 Å². The Hall–Kier alpha value is -2.23. The second-order valence-electron chi connectivity index (χ2n) is 3.84. The Labute approximate surface area is 98.8 Å². The maximum atomic E-state index is 4.31. The van der Waals surface area contributed by atoms with Gasteiger partial charge in [0.25, 0.3) is 0 Å². The van der Waals surface area contributed by atoms with Crippen LogP contribution in [0.2, 0.25) is 0 Å². The number of nitrogens with zero attached hydrogens (tertiary/aromatic N) is 3. The highest BCUT2D eigenvalue weighted by molar-refractivity contribution is 5.73. The number of pyridine rings is 2. The van der Waals surface area contributed by atoms with Gasteiger partial charge in [-0.1, -0.05) is 6.07 Å². The molecule has 3 heterocycles. The average molecular weight is 223 g/mol. The first-order valence-corrected chi connectivity index (χ1v) is 5.53. The van der Waals surface area contributed by atoms with Gasteiger partial charge in [0.2, 0.25) is 0 Å². The largest absolute Gasteiger partial charge is 0.320 e. The van der Waals surface area contributed by atoms with Crippen LogP contribution in [0, 0.1) is 6.33 Å². The zero-order valence-corrected chi connectivity index (χ0v) is 9.22. The molecule has 0 atom stereocenters. The minimum Gasteiger partial charge on any atom is -0.320 e. The van der Waals surface area contributed by atoms with Crippen LogP contribution in [0.3, 0.4) is 0 Å². The zero-order valence-electron chi connectivity index (χ0n) is 9.22. The summed E-state index contributed by atoms with van der Waals surface area (Å²) in [6.45, 7) is 0. The van der Waals surface area contributed by atoms with E-state index in [0.717, 1.165) is 29.7 Å². The van der Waals surface area contributed by atoms with Crippen molar-refractivity contribution < 1.29 is 0 Å². The molecule has 3 aromatic rings. The number of aryl methyl sites for hydroxylation is 2. The standard InChI is InChI=1S/C13H11N4/c1-2-7-14-11(3-1)5-4-10-6-8-15-13-12(10)16-9-17-13/h1-3,6-8H,4-5H2,(H,15,16,17). The van der Waals surface area contributed by atoms with Crippen molar-refractivity contribution in [1.82, 2.24) is 19.9 Å². The summed E-state index contributed by atoms with van der Waals surface area (Å²) in [6.07, 6.45) is 8.16. The van der Waals surface area contributed by atoms with Gasteiger partial charge in [-0.25, -0.2) is 9.97 Å². The summed E-state index contributed by atoms with van der Waals surface area (Å²) in [6, 6.07) is 7.97. The van der Waals surface area contributed by atoms with E-state index in [0.29, 0.717) is 0 Å². The van der Waals surface area contributed by atoms with Gasteiger partial charge in [-0.05, 0) is 36.6 Å². The molecular weight excluding hydrogens is 212 g/mol. The van der Waals surface area contributed by atoms with E-state index in [1.54, 1.807) is 6.20 Å². The number of imidazole rings is 1. The molecule has 0 spiro atoms. The molecule has 4 heteroatoms. The summed E-state index contributed by atoms with van der Waals surface area (Å²) in [7, 11) is 0. The zero-order chi connectivity index (χ0) is 11.5. The van der Waals surface area contributed by atoms with Crippen LogP contribution in [-0.2, 0) is 12.8 Å². The SMILES string of the molecule is [c]1nc2c(CCc3ccccn3)ccnc2[nH]1. The van der Waals surface area contributed by atoms with Crippen LogP contribution >= 0.6 is 0 Å². The lowest BCUT2D eigenvalue weighted by atomic mass is 10.1. The molecule has 0 aliphatic rings. The van der Waals surface area contributed by atoms with Gasteiger partial charge in [-0.15, -0.1) is 0 Å². The van der Waals surface area contributed by atoms with Gasteiger partial charge in [-0.2, -0.15) is 0 Å². The summed E-state index contributed by atoms with van der Waals surface area (Å²) in [5.74, 6) is 0. The average Bonchev–Trinajstić information content (AvgIpc) is 2.86. The smallest absolute Gasteiger partial charge is 0.175 e. The summed E-state index contributed by atoms with van der Waals surface area (Å²) in [4.78, 5) is 15.6. The molecular formula is C13H11N4. The Balaban J connectivity index is 1.84. The molecule has 0 aliphatic carbocycles. The molecule has 0 amide bonds. The predicted molar refractivity (Wildman–Crippen MR) is 64.4 cm³/mol. The predicted octanol–water partition coefficient (Wildman–Crippen LogP) is 1.94. The highest BCUT2D eigenvalue weighted by Crippen LogP contribution is 2.13. The molecule has 83 valence electrons. The monoisotopic (exact) mass is 223 g/mol. The lowest BCUT2D eigenvalue weighted by Gasteiger charge is -2.01. The van der Waals surface area contributed by atoms with Gasteiger partial charge >= 0.3 is 0 Å². The lowest BCUT2D eigenvalue weighted by Crippen LogP contribution is -1.95. The van der Waals surface area contributed by atoms with Crippen molar-refractivity contribution >= 4 is 11.2 Å². The van der Waals surface area contributed by atoms with Crippen LogP contribution < -0.4 is 0 Å². The molecule has 1 radical (unpaired) electrons. The van der Waals surface area contributed by atoms with E-state index < -0.39 is 0 Å². The van der Waals surface area contributed by atoms with E-state index in [4.69, 9.17) is 0 Å². The summed E-state index contributed by atoms with van der Waals surface area (Å²) < 4.78 is 0. The fourth-order valence-corrected chi connectivity index (χ4v) is 1.86. The molecule has 0 fully saturated rings. The molecule has 0 unspecified atom stereocenters. The summed E-state index contributed by atoms with van der Waals surface area (Å²) in [5.41, 5.74) is 3.97. The first-order valence-electron chi connectivity index (χ1n) is 5.53. The van der Waals surface area contributed by atoms with Crippen molar-refractivity contribution in [2.75, 3.05) is 0 Å². The van der Waals surface area contributed by atoms with Crippen molar-refractivity contribution in [3.05, 3.63) is 54.2 Å². The molecule has 3 rings (SSSR count). The van der Waals surface area contributed by atoms with Crippen molar-refractivity contribution in [2.45, 2.75) is 12.8 Å². The van der Waals surface area contributed by atoms with Crippen LogP contribution in [0.1, 0.15) is 11.3 Å².